The lowest BCUT2D eigenvalue weighted by molar-refractivity contribution is -0.138. The maximum Gasteiger partial charge on any atom is 0.336 e. The first-order valence-corrected chi connectivity index (χ1v) is 9.66. The molecule has 2 amide bonds. The van der Waals surface area contributed by atoms with Crippen LogP contribution in [0.25, 0.3) is 0 Å². The summed E-state index contributed by atoms with van der Waals surface area (Å²) >= 11 is 6.01. The van der Waals surface area contributed by atoms with Gasteiger partial charge in [0.2, 0.25) is 11.8 Å². The molecule has 2 aromatic carbocycles. The number of halogens is 2. The van der Waals surface area contributed by atoms with Gasteiger partial charge in [0.25, 0.3) is 0 Å². The minimum absolute atomic E-state index is 0.0323. The average Bonchev–Trinajstić information content (AvgIpc) is 2.74. The summed E-state index contributed by atoms with van der Waals surface area (Å²) in [5.74, 6) is -2.94. The zero-order valence-electron chi connectivity index (χ0n) is 17.1. The van der Waals surface area contributed by atoms with Crippen LogP contribution in [0.15, 0.2) is 53.7 Å². The van der Waals surface area contributed by atoms with Crippen molar-refractivity contribution in [1.82, 2.24) is 0 Å². The Kier molecular flexibility index (Phi) is 6.60. The van der Waals surface area contributed by atoms with Crippen molar-refractivity contribution >= 4 is 40.8 Å². The molecule has 1 atom stereocenters. The lowest BCUT2D eigenvalue weighted by Crippen LogP contribution is -2.43. The van der Waals surface area contributed by atoms with Crippen molar-refractivity contribution < 1.29 is 28.2 Å². The molecule has 0 unspecified atom stereocenters. The average molecular weight is 447 g/mol. The van der Waals surface area contributed by atoms with Crippen molar-refractivity contribution in [2.45, 2.75) is 13.3 Å². The third-order valence-electron chi connectivity index (χ3n) is 4.93. The van der Waals surface area contributed by atoms with E-state index < -0.39 is 29.5 Å². The highest BCUT2D eigenvalue weighted by Crippen LogP contribution is 2.35. The zero-order valence-corrected chi connectivity index (χ0v) is 17.8. The highest BCUT2D eigenvalue weighted by molar-refractivity contribution is 6.31. The third kappa shape index (κ3) is 4.54. The van der Waals surface area contributed by atoms with Crippen LogP contribution >= 0.6 is 11.6 Å². The number of allylic oxidation sites excluding steroid dienone is 1. The number of benzene rings is 2. The first-order chi connectivity index (χ1) is 14.8. The molecule has 1 aliphatic heterocycles. The van der Waals surface area contributed by atoms with E-state index in [4.69, 9.17) is 21.1 Å². The lowest BCUT2D eigenvalue weighted by Gasteiger charge is -2.33. The summed E-state index contributed by atoms with van der Waals surface area (Å²) < 4.78 is 23.4. The molecule has 7 nitrogen and oxygen atoms in total. The van der Waals surface area contributed by atoms with E-state index in [1.165, 1.54) is 56.4 Å². The van der Waals surface area contributed by atoms with E-state index in [0.717, 1.165) is 0 Å². The number of rotatable bonds is 5. The maximum atomic E-state index is 13.3. The highest BCUT2D eigenvalue weighted by Gasteiger charge is 2.40. The van der Waals surface area contributed by atoms with Gasteiger partial charge in [-0.25, -0.2) is 9.18 Å². The fourth-order valence-electron chi connectivity index (χ4n) is 3.48. The molecule has 1 aliphatic rings. The predicted molar refractivity (Wildman–Crippen MR) is 113 cm³/mol. The summed E-state index contributed by atoms with van der Waals surface area (Å²) in [6.45, 7) is 1.53. The van der Waals surface area contributed by atoms with Gasteiger partial charge >= 0.3 is 5.97 Å². The number of carbonyl (C=O) groups is 3. The third-order valence-corrected chi connectivity index (χ3v) is 5.16. The molecule has 0 saturated heterocycles. The van der Waals surface area contributed by atoms with E-state index in [1.54, 1.807) is 12.1 Å². The molecule has 0 saturated carbocycles. The van der Waals surface area contributed by atoms with Crippen molar-refractivity contribution in [3.63, 3.8) is 0 Å². The summed E-state index contributed by atoms with van der Waals surface area (Å²) in [7, 11) is 2.63. The SMILES string of the molecule is COC(=O)C1=C(C)N(c2ccc(F)cc2)C(=O)C[C@@H]1C(=O)Nc1cc(Cl)ccc1OC. The van der Waals surface area contributed by atoms with Crippen molar-refractivity contribution in [2.24, 2.45) is 5.92 Å². The minimum Gasteiger partial charge on any atom is -0.495 e. The molecule has 2 aromatic rings. The molecular weight excluding hydrogens is 427 g/mol. The first kappa shape index (κ1) is 22.3. The van der Waals surface area contributed by atoms with Gasteiger partial charge in [-0.05, 0) is 49.4 Å². The van der Waals surface area contributed by atoms with Gasteiger partial charge in [0.1, 0.15) is 11.6 Å². The van der Waals surface area contributed by atoms with Crippen LogP contribution in [0.5, 0.6) is 5.75 Å². The standard InChI is InChI=1S/C22H20ClFN2O5/c1-12-20(22(29)31-3)16(11-19(27)26(12)15-7-5-14(24)6-8-15)21(28)25-17-10-13(23)4-9-18(17)30-2/h4-10,16H,11H2,1-3H3,(H,25,28)/t16-/m0/s1. The van der Waals surface area contributed by atoms with Crippen LogP contribution in [0.2, 0.25) is 5.02 Å². The molecule has 0 bridgehead atoms. The summed E-state index contributed by atoms with van der Waals surface area (Å²) in [4.78, 5) is 39.8. The topological polar surface area (TPSA) is 84.9 Å². The molecule has 3 rings (SSSR count). The van der Waals surface area contributed by atoms with Crippen LogP contribution in [0.1, 0.15) is 13.3 Å². The van der Waals surface area contributed by atoms with Crippen LogP contribution in [-0.4, -0.2) is 32.0 Å². The molecular formula is C22H20ClFN2O5. The summed E-state index contributed by atoms with van der Waals surface area (Å²) in [5, 5.41) is 3.05. The second kappa shape index (κ2) is 9.18. The number of nitrogens with one attached hydrogen (secondary N) is 1. The second-order valence-electron chi connectivity index (χ2n) is 6.79. The Hall–Kier alpha value is -3.39. The van der Waals surface area contributed by atoms with E-state index >= 15 is 0 Å². The fraction of sp³-hybridized carbons (Fsp3) is 0.227. The maximum absolute atomic E-state index is 13.3. The Bertz CT molecular complexity index is 1070. The van der Waals surface area contributed by atoms with E-state index in [0.29, 0.717) is 22.1 Å². The monoisotopic (exact) mass is 446 g/mol. The fourth-order valence-corrected chi connectivity index (χ4v) is 3.65. The number of anilines is 2. The van der Waals surface area contributed by atoms with Crippen LogP contribution in [0.3, 0.4) is 0 Å². The largest absolute Gasteiger partial charge is 0.495 e. The summed E-state index contributed by atoms with van der Waals surface area (Å²) in [6.07, 6.45) is -0.284. The Morgan fingerprint density at radius 1 is 1.16 bits per heavy atom. The van der Waals surface area contributed by atoms with Gasteiger partial charge in [-0.15, -0.1) is 0 Å². The highest BCUT2D eigenvalue weighted by atomic mass is 35.5. The van der Waals surface area contributed by atoms with Crippen LogP contribution in [-0.2, 0) is 19.1 Å². The van der Waals surface area contributed by atoms with Crippen molar-refractivity contribution in [3.8, 4) is 5.75 Å². The normalized spacial score (nSPS) is 16.2. The van der Waals surface area contributed by atoms with Crippen LogP contribution in [0, 0.1) is 11.7 Å². The minimum atomic E-state index is -1.10. The molecule has 1 heterocycles. The smallest absolute Gasteiger partial charge is 0.336 e. The first-order valence-electron chi connectivity index (χ1n) is 9.28. The van der Waals surface area contributed by atoms with Gasteiger partial charge in [-0.1, -0.05) is 11.6 Å². The number of hydrogen-bond acceptors (Lipinski definition) is 5. The molecule has 0 spiro atoms. The van der Waals surface area contributed by atoms with E-state index in [9.17, 15) is 18.8 Å². The van der Waals surface area contributed by atoms with Crippen molar-refractivity contribution in [3.05, 3.63) is 64.6 Å². The molecule has 0 aliphatic carbocycles. The number of hydrogen-bond donors (Lipinski definition) is 1. The number of ether oxygens (including phenoxy) is 2. The lowest BCUT2D eigenvalue weighted by atomic mass is 9.88. The van der Waals surface area contributed by atoms with Gasteiger partial charge in [0.05, 0.1) is 31.4 Å². The molecule has 0 aromatic heterocycles. The van der Waals surface area contributed by atoms with Gasteiger partial charge in [-0.3, -0.25) is 14.5 Å². The van der Waals surface area contributed by atoms with Gasteiger partial charge in [-0.2, -0.15) is 0 Å². The van der Waals surface area contributed by atoms with Crippen LogP contribution < -0.4 is 15.0 Å². The van der Waals surface area contributed by atoms with Gasteiger partial charge in [0.15, 0.2) is 0 Å². The molecule has 31 heavy (non-hydrogen) atoms. The Labute approximate surface area is 183 Å². The van der Waals surface area contributed by atoms with E-state index in [2.05, 4.69) is 5.32 Å². The Morgan fingerprint density at radius 2 is 1.84 bits per heavy atom. The van der Waals surface area contributed by atoms with Gasteiger partial charge in [0, 0.05) is 22.8 Å². The summed E-state index contributed by atoms with van der Waals surface area (Å²) in [5.41, 5.74) is 0.939. The van der Waals surface area contributed by atoms with E-state index in [1.807, 2.05) is 0 Å². The number of carbonyl (C=O) groups excluding carboxylic acids is 3. The number of esters is 1. The number of amides is 2. The Balaban J connectivity index is 2.01. The number of methoxy groups -OCH3 is 2. The molecule has 1 N–H and O–H groups in total. The van der Waals surface area contributed by atoms with Crippen LogP contribution in [0.4, 0.5) is 15.8 Å². The molecule has 9 heteroatoms. The van der Waals surface area contributed by atoms with E-state index in [-0.39, 0.29) is 17.7 Å². The predicted octanol–water partition coefficient (Wildman–Crippen LogP) is 3.93. The molecule has 0 fully saturated rings. The van der Waals surface area contributed by atoms with Crippen molar-refractivity contribution in [1.29, 1.82) is 0 Å². The molecule has 0 radical (unpaired) electrons. The molecule has 162 valence electrons. The second-order valence-corrected chi connectivity index (χ2v) is 7.22. The summed E-state index contributed by atoms with van der Waals surface area (Å²) in [6, 6.07) is 9.94. The van der Waals surface area contributed by atoms with Gasteiger partial charge < -0.3 is 14.8 Å². The number of nitrogens with zero attached hydrogens (tertiary/aromatic N) is 1. The van der Waals surface area contributed by atoms with Crippen molar-refractivity contribution in [2.75, 3.05) is 24.4 Å². The quantitative estimate of drug-likeness (QED) is 0.703. The zero-order chi connectivity index (χ0) is 22.7. The Morgan fingerprint density at radius 3 is 2.45 bits per heavy atom.